The van der Waals surface area contributed by atoms with Crippen molar-refractivity contribution < 1.29 is 22.5 Å². The van der Waals surface area contributed by atoms with E-state index in [9.17, 15) is 22.9 Å². The molecule has 13 heteroatoms. The van der Waals surface area contributed by atoms with Gasteiger partial charge in [-0.3, -0.25) is 14.8 Å². The van der Waals surface area contributed by atoms with Crippen molar-refractivity contribution in [2.45, 2.75) is 25.7 Å². The molecule has 0 saturated heterocycles. The van der Waals surface area contributed by atoms with E-state index in [1.54, 1.807) is 6.92 Å². The monoisotopic (exact) mass is 410 g/mol. The van der Waals surface area contributed by atoms with E-state index in [-0.39, 0.29) is 29.6 Å². The molecule has 148 valence electrons. The van der Waals surface area contributed by atoms with Crippen LogP contribution in [0.5, 0.6) is 5.88 Å². The Balaban J connectivity index is 2.09. The molecule has 0 saturated carbocycles. The van der Waals surface area contributed by atoms with Gasteiger partial charge in [-0.2, -0.15) is 17.9 Å². The second-order valence-electron chi connectivity index (χ2n) is 5.59. The number of alkyl halides is 1. The summed E-state index contributed by atoms with van der Waals surface area (Å²) >= 11 is 0. The number of nitro groups is 1. The molecule has 2 heterocycles. The molecule has 0 fully saturated rings. The van der Waals surface area contributed by atoms with Gasteiger partial charge in [-0.05, 0) is 19.4 Å². The molecule has 0 atom stereocenters. The fourth-order valence-electron chi connectivity index (χ4n) is 2.42. The standard InChI is InChI=1S/C15H15FN6O5S/c1-3-27-12-7-10(8-16)17-14-18-15(19-21(12)14)28(25,26)20-13-9(2)5-4-6-11(13)22(23)24/h4-7,20H,3,8H2,1-2H3. The Morgan fingerprint density at radius 1 is 1.36 bits per heavy atom. The first-order valence-corrected chi connectivity index (χ1v) is 9.47. The molecule has 0 radical (unpaired) electrons. The van der Waals surface area contributed by atoms with Crippen molar-refractivity contribution in [3.63, 3.8) is 0 Å². The van der Waals surface area contributed by atoms with Crippen LogP contribution in [0, 0.1) is 17.0 Å². The molecule has 3 rings (SSSR count). The SMILES string of the molecule is CCOc1cc(CF)nc2nc(S(=O)(=O)Nc3c(C)cccc3[N+](=O)[O-])nn12. The van der Waals surface area contributed by atoms with Crippen molar-refractivity contribution in [3.05, 3.63) is 45.6 Å². The minimum Gasteiger partial charge on any atom is -0.478 e. The Hall–Kier alpha value is -3.35. The number of nitrogens with one attached hydrogen (secondary N) is 1. The van der Waals surface area contributed by atoms with Crippen LogP contribution < -0.4 is 9.46 Å². The van der Waals surface area contributed by atoms with Crippen LogP contribution in [0.3, 0.4) is 0 Å². The molecule has 0 unspecified atom stereocenters. The van der Waals surface area contributed by atoms with Gasteiger partial charge in [0.2, 0.25) is 5.88 Å². The summed E-state index contributed by atoms with van der Waals surface area (Å²) in [5.74, 6) is -0.116. The van der Waals surface area contributed by atoms with Crippen molar-refractivity contribution in [2.24, 2.45) is 0 Å². The number of rotatable bonds is 7. The average Bonchev–Trinajstić information content (AvgIpc) is 3.08. The average molecular weight is 410 g/mol. The van der Waals surface area contributed by atoms with Gasteiger partial charge in [0.25, 0.3) is 26.6 Å². The van der Waals surface area contributed by atoms with Crippen molar-refractivity contribution in [3.8, 4) is 5.88 Å². The molecule has 0 spiro atoms. The zero-order chi connectivity index (χ0) is 20.5. The number of para-hydroxylation sites is 1. The summed E-state index contributed by atoms with van der Waals surface area (Å²) in [5.41, 5.74) is -0.279. The van der Waals surface area contributed by atoms with Crippen molar-refractivity contribution >= 4 is 27.2 Å². The number of nitro benzene ring substituents is 1. The number of ether oxygens (including phenoxy) is 1. The minimum absolute atomic E-state index is 0.00482. The van der Waals surface area contributed by atoms with E-state index in [1.165, 1.54) is 31.2 Å². The smallest absolute Gasteiger partial charge is 0.299 e. The van der Waals surface area contributed by atoms with Gasteiger partial charge in [0.05, 0.1) is 17.2 Å². The molecule has 0 aliphatic rings. The maximum Gasteiger partial charge on any atom is 0.299 e. The maximum absolute atomic E-state index is 13.0. The molecule has 2 aromatic heterocycles. The summed E-state index contributed by atoms with van der Waals surface area (Å²) in [7, 11) is -4.39. The van der Waals surface area contributed by atoms with Crippen LogP contribution >= 0.6 is 0 Å². The van der Waals surface area contributed by atoms with Gasteiger partial charge >= 0.3 is 0 Å². The fraction of sp³-hybridized carbons (Fsp3) is 0.267. The number of aryl methyl sites for hydroxylation is 1. The van der Waals surface area contributed by atoms with Crippen LogP contribution in [-0.4, -0.2) is 39.5 Å². The number of aromatic nitrogens is 4. The molecule has 0 amide bonds. The van der Waals surface area contributed by atoms with E-state index < -0.39 is 32.5 Å². The van der Waals surface area contributed by atoms with Crippen LogP contribution in [-0.2, 0) is 16.7 Å². The lowest BCUT2D eigenvalue weighted by Gasteiger charge is -2.08. The summed E-state index contributed by atoms with van der Waals surface area (Å²) in [5, 5.41) is 14.4. The molecule has 1 aromatic carbocycles. The molecule has 28 heavy (non-hydrogen) atoms. The summed E-state index contributed by atoms with van der Waals surface area (Å²) in [4.78, 5) is 18.2. The molecule has 0 aliphatic carbocycles. The fourth-order valence-corrected chi connectivity index (χ4v) is 3.44. The van der Waals surface area contributed by atoms with Crippen LogP contribution in [0.2, 0.25) is 0 Å². The van der Waals surface area contributed by atoms with E-state index in [0.717, 1.165) is 4.52 Å². The molecule has 0 bridgehead atoms. The third-order valence-electron chi connectivity index (χ3n) is 3.67. The topological polar surface area (TPSA) is 142 Å². The van der Waals surface area contributed by atoms with E-state index in [0.29, 0.717) is 5.56 Å². The Morgan fingerprint density at radius 2 is 2.11 bits per heavy atom. The largest absolute Gasteiger partial charge is 0.478 e. The van der Waals surface area contributed by atoms with Gasteiger partial charge in [0.15, 0.2) is 0 Å². The van der Waals surface area contributed by atoms with E-state index >= 15 is 0 Å². The summed E-state index contributed by atoms with van der Waals surface area (Å²) in [6.07, 6.45) is 0. The molecular formula is C15H15FN6O5S. The number of fused-ring (bicyclic) bond motifs is 1. The summed E-state index contributed by atoms with van der Waals surface area (Å²) < 4.78 is 46.9. The lowest BCUT2D eigenvalue weighted by Crippen LogP contribution is -2.16. The number of sulfonamides is 1. The second kappa shape index (κ2) is 7.34. The molecule has 3 aromatic rings. The molecule has 11 nitrogen and oxygen atoms in total. The van der Waals surface area contributed by atoms with Crippen molar-refractivity contribution in [2.75, 3.05) is 11.3 Å². The number of halogens is 1. The zero-order valence-corrected chi connectivity index (χ0v) is 15.6. The quantitative estimate of drug-likeness (QED) is 0.460. The van der Waals surface area contributed by atoms with Gasteiger partial charge in [0.1, 0.15) is 12.4 Å². The maximum atomic E-state index is 13.0. The zero-order valence-electron chi connectivity index (χ0n) is 14.8. The van der Waals surface area contributed by atoms with E-state index in [2.05, 4.69) is 19.8 Å². The van der Waals surface area contributed by atoms with Crippen molar-refractivity contribution in [1.82, 2.24) is 19.6 Å². The van der Waals surface area contributed by atoms with E-state index in [1.807, 2.05) is 0 Å². The molecular weight excluding hydrogens is 395 g/mol. The number of anilines is 1. The van der Waals surface area contributed by atoms with Crippen LogP contribution in [0.1, 0.15) is 18.2 Å². The highest BCUT2D eigenvalue weighted by molar-refractivity contribution is 7.92. The normalized spacial score (nSPS) is 11.5. The minimum atomic E-state index is -4.39. The number of hydrogen-bond donors (Lipinski definition) is 1. The Bertz CT molecular complexity index is 1160. The third kappa shape index (κ3) is 3.55. The van der Waals surface area contributed by atoms with Crippen molar-refractivity contribution in [1.29, 1.82) is 0 Å². The highest BCUT2D eigenvalue weighted by Gasteiger charge is 2.27. The third-order valence-corrected chi connectivity index (χ3v) is 4.79. The Labute approximate surface area is 158 Å². The first-order valence-electron chi connectivity index (χ1n) is 7.99. The number of benzene rings is 1. The van der Waals surface area contributed by atoms with Crippen LogP contribution in [0.15, 0.2) is 29.4 Å². The summed E-state index contributed by atoms with van der Waals surface area (Å²) in [6.45, 7) is 2.53. The Morgan fingerprint density at radius 3 is 2.75 bits per heavy atom. The second-order valence-corrected chi connectivity index (χ2v) is 7.17. The molecule has 1 N–H and O–H groups in total. The van der Waals surface area contributed by atoms with Crippen LogP contribution in [0.25, 0.3) is 5.78 Å². The molecule has 0 aliphatic heterocycles. The van der Waals surface area contributed by atoms with E-state index in [4.69, 9.17) is 4.74 Å². The van der Waals surface area contributed by atoms with Crippen LogP contribution in [0.4, 0.5) is 15.8 Å². The highest BCUT2D eigenvalue weighted by Crippen LogP contribution is 2.29. The van der Waals surface area contributed by atoms with Gasteiger partial charge in [-0.1, -0.05) is 12.1 Å². The van der Waals surface area contributed by atoms with Gasteiger partial charge in [-0.25, -0.2) is 9.37 Å². The van der Waals surface area contributed by atoms with Gasteiger partial charge in [-0.15, -0.1) is 5.10 Å². The number of hydrogen-bond acceptors (Lipinski definition) is 8. The lowest BCUT2D eigenvalue weighted by atomic mass is 10.2. The lowest BCUT2D eigenvalue weighted by molar-refractivity contribution is -0.383. The predicted molar refractivity (Wildman–Crippen MR) is 95.4 cm³/mol. The summed E-state index contributed by atoms with van der Waals surface area (Å²) in [6, 6.07) is 5.40. The Kier molecular flexibility index (Phi) is 5.09. The van der Waals surface area contributed by atoms with Gasteiger partial charge in [0, 0.05) is 12.1 Å². The number of nitrogens with zero attached hydrogens (tertiary/aromatic N) is 5. The van der Waals surface area contributed by atoms with Gasteiger partial charge < -0.3 is 4.74 Å². The first kappa shape index (κ1) is 19.4. The predicted octanol–water partition coefficient (Wildman–Crippen LogP) is 2.01. The first-order chi connectivity index (χ1) is 13.3. The highest BCUT2D eigenvalue weighted by atomic mass is 32.2.